The van der Waals surface area contributed by atoms with Gasteiger partial charge in [-0.3, -0.25) is 0 Å². The van der Waals surface area contributed by atoms with Crippen LogP contribution in [0.4, 0.5) is 0 Å². The SMILES string of the molecule is CCOc1ccccc1OCCCC(NC)C(C)C. The van der Waals surface area contributed by atoms with Crippen LogP contribution in [0.3, 0.4) is 0 Å². The van der Waals surface area contributed by atoms with Gasteiger partial charge in [-0.05, 0) is 44.9 Å². The van der Waals surface area contributed by atoms with Gasteiger partial charge in [-0.15, -0.1) is 0 Å². The lowest BCUT2D eigenvalue weighted by Crippen LogP contribution is -2.30. The van der Waals surface area contributed by atoms with Gasteiger partial charge >= 0.3 is 0 Å². The van der Waals surface area contributed by atoms with E-state index in [0.717, 1.165) is 30.9 Å². The Balaban J connectivity index is 2.36. The molecule has 1 atom stereocenters. The van der Waals surface area contributed by atoms with E-state index in [-0.39, 0.29) is 0 Å². The van der Waals surface area contributed by atoms with Crippen LogP contribution < -0.4 is 14.8 Å². The monoisotopic (exact) mass is 265 g/mol. The zero-order valence-corrected chi connectivity index (χ0v) is 12.6. The average Bonchev–Trinajstić information content (AvgIpc) is 2.40. The van der Waals surface area contributed by atoms with E-state index in [4.69, 9.17) is 9.47 Å². The zero-order valence-electron chi connectivity index (χ0n) is 12.6. The highest BCUT2D eigenvalue weighted by Crippen LogP contribution is 2.26. The van der Waals surface area contributed by atoms with Crippen molar-refractivity contribution in [1.29, 1.82) is 0 Å². The van der Waals surface area contributed by atoms with E-state index in [9.17, 15) is 0 Å². The number of para-hydroxylation sites is 2. The minimum absolute atomic E-state index is 0.561. The molecule has 0 spiro atoms. The smallest absolute Gasteiger partial charge is 0.161 e. The average molecular weight is 265 g/mol. The van der Waals surface area contributed by atoms with Crippen molar-refractivity contribution in [1.82, 2.24) is 5.32 Å². The van der Waals surface area contributed by atoms with Crippen molar-refractivity contribution in [3.8, 4) is 11.5 Å². The molecular weight excluding hydrogens is 238 g/mol. The van der Waals surface area contributed by atoms with Crippen molar-refractivity contribution in [3.05, 3.63) is 24.3 Å². The number of hydrogen-bond donors (Lipinski definition) is 1. The molecule has 1 unspecified atom stereocenters. The molecule has 1 rings (SSSR count). The van der Waals surface area contributed by atoms with Gasteiger partial charge in [0.25, 0.3) is 0 Å². The molecule has 3 heteroatoms. The quantitative estimate of drug-likeness (QED) is 0.693. The lowest BCUT2D eigenvalue weighted by molar-refractivity contribution is 0.261. The van der Waals surface area contributed by atoms with E-state index >= 15 is 0 Å². The Bertz CT molecular complexity index is 352. The van der Waals surface area contributed by atoms with Gasteiger partial charge < -0.3 is 14.8 Å². The maximum Gasteiger partial charge on any atom is 0.161 e. The first-order valence-corrected chi connectivity index (χ1v) is 7.21. The Morgan fingerprint density at radius 3 is 2.26 bits per heavy atom. The third kappa shape index (κ3) is 5.52. The fraction of sp³-hybridized carbons (Fsp3) is 0.625. The summed E-state index contributed by atoms with van der Waals surface area (Å²) < 4.78 is 11.3. The normalized spacial score (nSPS) is 12.5. The summed E-state index contributed by atoms with van der Waals surface area (Å²) in [6.07, 6.45) is 2.18. The van der Waals surface area contributed by atoms with E-state index in [1.807, 2.05) is 38.2 Å². The van der Waals surface area contributed by atoms with Crippen LogP contribution >= 0.6 is 0 Å². The molecule has 0 heterocycles. The first kappa shape index (κ1) is 15.8. The summed E-state index contributed by atoms with van der Waals surface area (Å²) in [6, 6.07) is 8.41. The molecule has 0 saturated carbocycles. The van der Waals surface area contributed by atoms with Crippen LogP contribution in [0.2, 0.25) is 0 Å². The third-order valence-corrected chi connectivity index (χ3v) is 3.24. The summed E-state index contributed by atoms with van der Waals surface area (Å²) in [6.45, 7) is 7.86. The third-order valence-electron chi connectivity index (χ3n) is 3.24. The van der Waals surface area contributed by atoms with Crippen LogP contribution in [0, 0.1) is 5.92 Å². The Hall–Kier alpha value is -1.22. The van der Waals surface area contributed by atoms with Crippen molar-refractivity contribution >= 4 is 0 Å². The summed E-state index contributed by atoms with van der Waals surface area (Å²) >= 11 is 0. The van der Waals surface area contributed by atoms with Gasteiger partial charge in [-0.25, -0.2) is 0 Å². The Labute approximate surface area is 117 Å². The van der Waals surface area contributed by atoms with Crippen LogP contribution in [0.1, 0.15) is 33.6 Å². The van der Waals surface area contributed by atoms with Crippen molar-refractivity contribution in [2.75, 3.05) is 20.3 Å². The molecule has 0 radical (unpaired) electrons. The highest BCUT2D eigenvalue weighted by Gasteiger charge is 2.10. The van der Waals surface area contributed by atoms with E-state index in [2.05, 4.69) is 19.2 Å². The van der Waals surface area contributed by atoms with Crippen molar-refractivity contribution in [3.63, 3.8) is 0 Å². The second kappa shape index (κ2) is 8.81. The molecule has 1 aromatic rings. The lowest BCUT2D eigenvalue weighted by Gasteiger charge is -2.20. The van der Waals surface area contributed by atoms with Gasteiger partial charge in [0.1, 0.15) is 0 Å². The molecule has 0 saturated heterocycles. The molecule has 108 valence electrons. The molecule has 1 N–H and O–H groups in total. The number of ether oxygens (including phenoxy) is 2. The standard InChI is InChI=1S/C16H27NO2/c1-5-18-15-10-6-7-11-16(15)19-12-8-9-14(17-4)13(2)3/h6-7,10-11,13-14,17H,5,8-9,12H2,1-4H3. The molecule has 0 aliphatic rings. The van der Waals surface area contributed by atoms with Crippen LogP contribution in [0.25, 0.3) is 0 Å². The highest BCUT2D eigenvalue weighted by atomic mass is 16.5. The second-order valence-corrected chi connectivity index (χ2v) is 5.01. The Morgan fingerprint density at radius 1 is 1.11 bits per heavy atom. The minimum Gasteiger partial charge on any atom is -0.490 e. The number of rotatable bonds is 9. The van der Waals surface area contributed by atoms with Gasteiger partial charge in [0, 0.05) is 6.04 Å². The zero-order chi connectivity index (χ0) is 14.1. The maximum absolute atomic E-state index is 5.81. The van der Waals surface area contributed by atoms with Gasteiger partial charge in [-0.1, -0.05) is 26.0 Å². The first-order chi connectivity index (χ1) is 9.19. The summed E-state index contributed by atoms with van der Waals surface area (Å²) in [7, 11) is 2.02. The van der Waals surface area contributed by atoms with E-state index in [1.54, 1.807) is 0 Å². The van der Waals surface area contributed by atoms with E-state index < -0.39 is 0 Å². The first-order valence-electron chi connectivity index (χ1n) is 7.21. The molecule has 0 aromatic heterocycles. The molecule has 0 aliphatic carbocycles. The van der Waals surface area contributed by atoms with Crippen molar-refractivity contribution < 1.29 is 9.47 Å². The summed E-state index contributed by atoms with van der Waals surface area (Å²) in [5.41, 5.74) is 0. The molecular formula is C16H27NO2. The molecule has 0 amide bonds. The predicted molar refractivity (Wildman–Crippen MR) is 80.0 cm³/mol. The van der Waals surface area contributed by atoms with Gasteiger partial charge in [0.05, 0.1) is 13.2 Å². The van der Waals surface area contributed by atoms with Crippen LogP contribution in [0.5, 0.6) is 11.5 Å². The minimum atomic E-state index is 0.561. The van der Waals surface area contributed by atoms with Gasteiger partial charge in [0.2, 0.25) is 0 Å². The fourth-order valence-electron chi connectivity index (χ4n) is 2.14. The molecule has 19 heavy (non-hydrogen) atoms. The Morgan fingerprint density at radius 2 is 1.74 bits per heavy atom. The van der Waals surface area contributed by atoms with Gasteiger partial charge in [0.15, 0.2) is 11.5 Å². The van der Waals surface area contributed by atoms with Crippen molar-refractivity contribution in [2.45, 2.75) is 39.7 Å². The largest absolute Gasteiger partial charge is 0.490 e. The fourth-order valence-corrected chi connectivity index (χ4v) is 2.14. The topological polar surface area (TPSA) is 30.5 Å². The van der Waals surface area contributed by atoms with Crippen LogP contribution in [0.15, 0.2) is 24.3 Å². The van der Waals surface area contributed by atoms with Crippen LogP contribution in [-0.4, -0.2) is 26.3 Å². The second-order valence-electron chi connectivity index (χ2n) is 5.01. The number of benzene rings is 1. The maximum atomic E-state index is 5.81. The highest BCUT2D eigenvalue weighted by molar-refractivity contribution is 5.39. The molecule has 0 aliphatic heterocycles. The Kier molecular flexibility index (Phi) is 7.34. The van der Waals surface area contributed by atoms with E-state index in [0.29, 0.717) is 18.6 Å². The summed E-state index contributed by atoms with van der Waals surface area (Å²) in [5.74, 6) is 2.33. The summed E-state index contributed by atoms with van der Waals surface area (Å²) in [4.78, 5) is 0. The predicted octanol–water partition coefficient (Wildman–Crippen LogP) is 3.49. The number of hydrogen-bond acceptors (Lipinski definition) is 3. The van der Waals surface area contributed by atoms with Gasteiger partial charge in [-0.2, -0.15) is 0 Å². The summed E-state index contributed by atoms with van der Waals surface area (Å²) in [5, 5.41) is 3.35. The lowest BCUT2D eigenvalue weighted by atomic mass is 10.00. The molecule has 0 bridgehead atoms. The van der Waals surface area contributed by atoms with Crippen molar-refractivity contribution in [2.24, 2.45) is 5.92 Å². The van der Waals surface area contributed by atoms with E-state index in [1.165, 1.54) is 0 Å². The molecule has 3 nitrogen and oxygen atoms in total. The number of nitrogens with one attached hydrogen (secondary N) is 1. The molecule has 0 fully saturated rings. The molecule has 1 aromatic carbocycles. The van der Waals surface area contributed by atoms with Crippen LogP contribution in [-0.2, 0) is 0 Å².